The fraction of sp³-hybridized carbons (Fsp3) is 0.500. The minimum atomic E-state index is -3.47. The molecule has 21 heavy (non-hydrogen) atoms. The second-order valence-corrected chi connectivity index (χ2v) is 7.21. The van der Waals surface area contributed by atoms with Crippen molar-refractivity contribution in [2.45, 2.75) is 38.1 Å². The molecule has 0 saturated carbocycles. The predicted octanol–water partition coefficient (Wildman–Crippen LogP) is 1.43. The van der Waals surface area contributed by atoms with Crippen LogP contribution in [-0.4, -0.2) is 25.2 Å². The summed E-state index contributed by atoms with van der Waals surface area (Å²) < 4.78 is 26.7. The van der Waals surface area contributed by atoms with E-state index in [1.54, 1.807) is 6.07 Å². The maximum atomic E-state index is 12.0. The van der Waals surface area contributed by atoms with Crippen LogP contribution in [0.25, 0.3) is 0 Å². The summed E-state index contributed by atoms with van der Waals surface area (Å²) in [5.41, 5.74) is 8.49. The largest absolute Gasteiger partial charge is 0.481 e. The predicted molar refractivity (Wildman–Crippen MR) is 80.3 cm³/mol. The van der Waals surface area contributed by atoms with Gasteiger partial charge in [-0.25, -0.2) is 13.1 Å². The number of hydrogen-bond acceptors (Lipinski definition) is 4. The highest BCUT2D eigenvalue weighted by molar-refractivity contribution is 7.89. The SMILES string of the molecule is Nc1ccc2c(c1)CCCC2NS(=O)(=O)CCCC(=O)O. The molecule has 0 fully saturated rings. The first-order valence-electron chi connectivity index (χ1n) is 6.97. The van der Waals surface area contributed by atoms with Gasteiger partial charge in [-0.2, -0.15) is 0 Å². The van der Waals surface area contributed by atoms with Crippen molar-refractivity contribution >= 4 is 21.7 Å². The van der Waals surface area contributed by atoms with E-state index in [1.165, 1.54) is 0 Å². The lowest BCUT2D eigenvalue weighted by Gasteiger charge is -2.26. The quantitative estimate of drug-likeness (QED) is 0.688. The molecule has 6 nitrogen and oxygen atoms in total. The third-order valence-electron chi connectivity index (χ3n) is 3.61. The summed E-state index contributed by atoms with van der Waals surface area (Å²) in [5, 5.41) is 8.56. The Morgan fingerprint density at radius 1 is 1.43 bits per heavy atom. The van der Waals surface area contributed by atoms with Crippen LogP contribution in [0, 0.1) is 0 Å². The third kappa shape index (κ3) is 4.44. The summed E-state index contributed by atoms with van der Waals surface area (Å²) >= 11 is 0. The van der Waals surface area contributed by atoms with E-state index < -0.39 is 16.0 Å². The molecule has 2 rings (SSSR count). The Balaban J connectivity index is 2.05. The summed E-state index contributed by atoms with van der Waals surface area (Å²) in [7, 11) is -3.47. The minimum Gasteiger partial charge on any atom is -0.481 e. The number of fused-ring (bicyclic) bond motifs is 1. The molecule has 116 valence electrons. The number of nitrogen functional groups attached to an aromatic ring is 1. The second-order valence-electron chi connectivity index (χ2n) is 5.34. The van der Waals surface area contributed by atoms with E-state index in [0.717, 1.165) is 30.4 Å². The first kappa shape index (κ1) is 15.8. The molecule has 0 aliphatic heterocycles. The normalized spacial score (nSPS) is 18.2. The lowest BCUT2D eigenvalue weighted by molar-refractivity contribution is -0.137. The molecule has 1 unspecified atom stereocenters. The molecule has 0 aromatic heterocycles. The molecule has 1 aromatic rings. The highest BCUT2D eigenvalue weighted by Crippen LogP contribution is 2.31. The molecular formula is C14H20N2O4S. The van der Waals surface area contributed by atoms with Crippen LogP contribution in [0.1, 0.15) is 42.9 Å². The topological polar surface area (TPSA) is 109 Å². The van der Waals surface area contributed by atoms with Crippen LogP contribution in [0.2, 0.25) is 0 Å². The Morgan fingerprint density at radius 3 is 2.90 bits per heavy atom. The van der Waals surface area contributed by atoms with E-state index in [2.05, 4.69) is 4.72 Å². The van der Waals surface area contributed by atoms with Gasteiger partial charge in [0, 0.05) is 18.2 Å². The Hall–Kier alpha value is -1.60. The monoisotopic (exact) mass is 312 g/mol. The van der Waals surface area contributed by atoms with Crippen molar-refractivity contribution in [1.82, 2.24) is 4.72 Å². The van der Waals surface area contributed by atoms with Gasteiger partial charge in [0.2, 0.25) is 10.0 Å². The fourth-order valence-corrected chi connectivity index (χ4v) is 3.97. The maximum Gasteiger partial charge on any atom is 0.303 e. The molecular weight excluding hydrogens is 292 g/mol. The van der Waals surface area contributed by atoms with Gasteiger partial charge in [0.05, 0.1) is 5.75 Å². The molecule has 0 saturated heterocycles. The smallest absolute Gasteiger partial charge is 0.303 e. The van der Waals surface area contributed by atoms with E-state index in [0.29, 0.717) is 5.69 Å². The molecule has 1 aromatic carbocycles. The minimum absolute atomic E-state index is 0.117. The van der Waals surface area contributed by atoms with Crippen molar-refractivity contribution in [1.29, 1.82) is 0 Å². The van der Waals surface area contributed by atoms with Crippen molar-refractivity contribution in [2.75, 3.05) is 11.5 Å². The Labute approximate surface area is 124 Å². The van der Waals surface area contributed by atoms with Crippen molar-refractivity contribution in [3.8, 4) is 0 Å². The number of benzene rings is 1. The van der Waals surface area contributed by atoms with E-state index in [4.69, 9.17) is 10.8 Å². The number of carboxylic acids is 1. The Bertz CT molecular complexity index is 628. The number of anilines is 1. The number of nitrogens with one attached hydrogen (secondary N) is 1. The molecule has 1 aliphatic carbocycles. The van der Waals surface area contributed by atoms with Crippen LogP contribution in [0.4, 0.5) is 5.69 Å². The highest BCUT2D eigenvalue weighted by Gasteiger charge is 2.24. The maximum absolute atomic E-state index is 12.0. The number of carbonyl (C=O) groups is 1. The van der Waals surface area contributed by atoms with Gasteiger partial charge in [-0.1, -0.05) is 6.07 Å². The van der Waals surface area contributed by atoms with Gasteiger partial charge in [0.25, 0.3) is 0 Å². The van der Waals surface area contributed by atoms with Gasteiger partial charge in [0.15, 0.2) is 0 Å². The van der Waals surface area contributed by atoms with Crippen LogP contribution in [0.5, 0.6) is 0 Å². The average Bonchev–Trinajstić information content (AvgIpc) is 2.37. The number of aryl methyl sites for hydroxylation is 1. The first-order chi connectivity index (χ1) is 9.87. The van der Waals surface area contributed by atoms with Crippen molar-refractivity contribution in [2.24, 2.45) is 0 Å². The zero-order valence-electron chi connectivity index (χ0n) is 11.7. The number of sulfonamides is 1. The van der Waals surface area contributed by atoms with E-state index >= 15 is 0 Å². The van der Waals surface area contributed by atoms with Crippen LogP contribution in [-0.2, 0) is 21.2 Å². The van der Waals surface area contributed by atoms with Crippen LogP contribution in [0.15, 0.2) is 18.2 Å². The van der Waals surface area contributed by atoms with Gasteiger partial charge in [-0.3, -0.25) is 4.79 Å². The molecule has 1 atom stereocenters. The lowest BCUT2D eigenvalue weighted by Crippen LogP contribution is -2.33. The summed E-state index contributed by atoms with van der Waals surface area (Å²) in [4.78, 5) is 10.4. The zero-order valence-corrected chi connectivity index (χ0v) is 12.5. The van der Waals surface area contributed by atoms with Gasteiger partial charge in [0.1, 0.15) is 0 Å². The molecule has 0 heterocycles. The van der Waals surface area contributed by atoms with Crippen molar-refractivity contribution in [3.05, 3.63) is 29.3 Å². The fourth-order valence-electron chi connectivity index (χ4n) is 2.65. The molecule has 4 N–H and O–H groups in total. The molecule has 0 bridgehead atoms. The summed E-state index contributed by atoms with van der Waals surface area (Å²) in [6.07, 6.45) is 2.52. The Kier molecular flexibility index (Phi) is 4.84. The van der Waals surface area contributed by atoms with Crippen molar-refractivity contribution in [3.63, 3.8) is 0 Å². The van der Waals surface area contributed by atoms with E-state index in [1.807, 2.05) is 12.1 Å². The summed E-state index contributed by atoms with van der Waals surface area (Å²) in [6.45, 7) is 0. The highest BCUT2D eigenvalue weighted by atomic mass is 32.2. The second kappa shape index (κ2) is 6.44. The van der Waals surface area contributed by atoms with Gasteiger partial charge >= 0.3 is 5.97 Å². The Morgan fingerprint density at radius 2 is 2.19 bits per heavy atom. The number of aliphatic carboxylic acids is 1. The zero-order chi connectivity index (χ0) is 15.5. The molecule has 1 aliphatic rings. The molecule has 0 spiro atoms. The average molecular weight is 312 g/mol. The van der Waals surface area contributed by atoms with Crippen LogP contribution >= 0.6 is 0 Å². The first-order valence-corrected chi connectivity index (χ1v) is 8.63. The lowest BCUT2D eigenvalue weighted by atomic mass is 9.88. The summed E-state index contributed by atoms with van der Waals surface area (Å²) in [6, 6.07) is 5.29. The molecule has 0 amide bonds. The number of rotatable bonds is 6. The van der Waals surface area contributed by atoms with Crippen LogP contribution < -0.4 is 10.5 Å². The van der Waals surface area contributed by atoms with E-state index in [-0.39, 0.29) is 24.6 Å². The number of nitrogens with two attached hydrogens (primary N) is 1. The standard InChI is InChI=1S/C14H20N2O4S/c15-11-6-7-12-10(9-11)3-1-4-13(12)16-21(19,20)8-2-5-14(17)18/h6-7,9,13,16H,1-5,8,15H2,(H,17,18). The molecule has 7 heteroatoms. The van der Waals surface area contributed by atoms with Gasteiger partial charge < -0.3 is 10.8 Å². The molecule has 0 radical (unpaired) electrons. The number of carboxylic acid groups (broad SMARTS) is 1. The van der Waals surface area contributed by atoms with Crippen LogP contribution in [0.3, 0.4) is 0 Å². The van der Waals surface area contributed by atoms with E-state index in [9.17, 15) is 13.2 Å². The van der Waals surface area contributed by atoms with Gasteiger partial charge in [-0.15, -0.1) is 0 Å². The number of hydrogen-bond donors (Lipinski definition) is 3. The van der Waals surface area contributed by atoms with Gasteiger partial charge in [-0.05, 0) is 48.9 Å². The third-order valence-corrected chi connectivity index (χ3v) is 5.08. The van der Waals surface area contributed by atoms with Crippen molar-refractivity contribution < 1.29 is 18.3 Å². The summed E-state index contributed by atoms with van der Waals surface area (Å²) in [5.74, 6) is -1.15.